The van der Waals surface area contributed by atoms with Gasteiger partial charge in [-0.05, 0) is 13.8 Å². The summed E-state index contributed by atoms with van der Waals surface area (Å²) in [6, 6.07) is 2.23. The molecule has 0 heterocycles. The first-order valence-corrected chi connectivity index (χ1v) is 3.80. The molecule has 0 aliphatic carbocycles. The molecule has 0 saturated carbocycles. The minimum Gasteiger partial charge on any atom is -0.198 e. The molecule has 0 spiro atoms. The molecule has 0 rings (SSSR count). The summed E-state index contributed by atoms with van der Waals surface area (Å²) in [7, 11) is 0. The molecule has 0 saturated heterocycles. The Balaban J connectivity index is 3.97. The first-order valence-electron chi connectivity index (χ1n) is 2.56. The van der Waals surface area contributed by atoms with Gasteiger partial charge in [0.1, 0.15) is 0 Å². The summed E-state index contributed by atoms with van der Waals surface area (Å²) in [6.07, 6.45) is 0. The lowest BCUT2D eigenvalue weighted by atomic mass is 9.93. The van der Waals surface area contributed by atoms with Crippen LogP contribution in [0.2, 0.25) is 0 Å². The Morgan fingerprint density at radius 1 is 1.62 bits per heavy atom. The fourth-order valence-electron chi connectivity index (χ4n) is 0.0889. The highest BCUT2D eigenvalue weighted by molar-refractivity contribution is 14.1. The Bertz CT molecular complexity index is 110. The van der Waals surface area contributed by atoms with Gasteiger partial charge in [-0.25, -0.2) is 0 Å². The minimum atomic E-state index is -0.166. The maximum atomic E-state index is 8.51. The Kier molecular flexibility index (Phi) is 2.75. The van der Waals surface area contributed by atoms with Crippen molar-refractivity contribution in [2.24, 2.45) is 5.41 Å². The van der Waals surface area contributed by atoms with E-state index in [9.17, 15) is 0 Å². The normalized spacial score (nSPS) is 14.9. The Morgan fingerprint density at radius 3 is 2.00 bits per heavy atom. The van der Waals surface area contributed by atoms with E-state index < -0.39 is 0 Å². The van der Waals surface area contributed by atoms with Gasteiger partial charge in [0.25, 0.3) is 0 Å². The predicted molar refractivity (Wildman–Crippen MR) is 42.9 cm³/mol. The molecule has 0 bridgehead atoms. The molecule has 0 amide bonds. The Labute approximate surface area is 64.2 Å². The van der Waals surface area contributed by atoms with E-state index in [1.807, 2.05) is 20.8 Å². The van der Waals surface area contributed by atoms with Crippen molar-refractivity contribution >= 4 is 22.6 Å². The summed E-state index contributed by atoms with van der Waals surface area (Å²) in [5.74, 6) is 0. The molecule has 0 unspecified atom stereocenters. The van der Waals surface area contributed by atoms with Crippen LogP contribution < -0.4 is 0 Å². The van der Waals surface area contributed by atoms with Crippen molar-refractivity contribution in [1.82, 2.24) is 0 Å². The van der Waals surface area contributed by atoms with Gasteiger partial charge in [0.05, 0.1) is 11.5 Å². The number of rotatable bonds is 1. The number of hydrogen-bond donors (Lipinski definition) is 0. The van der Waals surface area contributed by atoms with Crippen LogP contribution in [0, 0.1) is 16.7 Å². The summed E-state index contributed by atoms with van der Waals surface area (Å²) in [5.41, 5.74) is -0.166. The molecule has 0 aliphatic heterocycles. The van der Waals surface area contributed by atoms with Crippen molar-refractivity contribution in [3.05, 3.63) is 0 Å². The molecule has 1 atom stereocenters. The van der Waals surface area contributed by atoms with E-state index in [0.29, 0.717) is 3.92 Å². The van der Waals surface area contributed by atoms with Gasteiger partial charge in [-0.3, -0.25) is 0 Å². The van der Waals surface area contributed by atoms with Crippen molar-refractivity contribution in [2.75, 3.05) is 0 Å². The van der Waals surface area contributed by atoms with Crippen LogP contribution >= 0.6 is 22.6 Å². The van der Waals surface area contributed by atoms with Crippen molar-refractivity contribution in [1.29, 1.82) is 5.26 Å². The Morgan fingerprint density at radius 2 is 2.00 bits per heavy atom. The first-order chi connectivity index (χ1) is 3.50. The van der Waals surface area contributed by atoms with E-state index in [2.05, 4.69) is 28.7 Å². The third-order valence-electron chi connectivity index (χ3n) is 1.28. The van der Waals surface area contributed by atoms with E-state index in [-0.39, 0.29) is 5.41 Å². The molecular formula is C6H10IN. The van der Waals surface area contributed by atoms with Gasteiger partial charge >= 0.3 is 0 Å². The van der Waals surface area contributed by atoms with Crippen molar-refractivity contribution in [3.63, 3.8) is 0 Å². The highest BCUT2D eigenvalue weighted by Gasteiger charge is 2.22. The lowest BCUT2D eigenvalue weighted by Crippen LogP contribution is -2.18. The maximum Gasteiger partial charge on any atom is 0.0694 e. The predicted octanol–water partition coefficient (Wildman–Crippen LogP) is 2.36. The van der Waals surface area contributed by atoms with E-state index in [1.54, 1.807) is 0 Å². The zero-order chi connectivity index (χ0) is 6.78. The van der Waals surface area contributed by atoms with Gasteiger partial charge in [-0.15, -0.1) is 0 Å². The standard InChI is InChI=1S/C6H10IN/c1-5(7)6(2,3)4-8/h5H,1-3H3/t5-/m1/s1. The molecule has 0 aliphatic rings. The first kappa shape index (κ1) is 8.22. The van der Waals surface area contributed by atoms with Crippen molar-refractivity contribution in [3.8, 4) is 6.07 Å². The van der Waals surface area contributed by atoms with E-state index >= 15 is 0 Å². The quantitative estimate of drug-likeness (QED) is 0.494. The average Bonchev–Trinajstić information content (AvgIpc) is 1.67. The van der Waals surface area contributed by atoms with Gasteiger partial charge in [0, 0.05) is 3.92 Å². The minimum absolute atomic E-state index is 0.166. The van der Waals surface area contributed by atoms with Gasteiger partial charge in [-0.2, -0.15) is 5.26 Å². The average molecular weight is 223 g/mol. The highest BCUT2D eigenvalue weighted by Crippen LogP contribution is 2.25. The molecule has 0 N–H and O–H groups in total. The van der Waals surface area contributed by atoms with Crippen LogP contribution in [0.25, 0.3) is 0 Å². The molecule has 0 aromatic rings. The summed E-state index contributed by atoms with van der Waals surface area (Å²) >= 11 is 2.26. The number of hydrogen-bond acceptors (Lipinski definition) is 1. The maximum absolute atomic E-state index is 8.51. The number of halogens is 1. The van der Waals surface area contributed by atoms with Gasteiger partial charge in [0.2, 0.25) is 0 Å². The van der Waals surface area contributed by atoms with E-state index in [0.717, 1.165) is 0 Å². The van der Waals surface area contributed by atoms with Crippen LogP contribution in [0.5, 0.6) is 0 Å². The smallest absolute Gasteiger partial charge is 0.0694 e. The lowest BCUT2D eigenvalue weighted by molar-refractivity contribution is 0.506. The van der Waals surface area contributed by atoms with Crippen LogP contribution in [-0.2, 0) is 0 Å². The second-order valence-corrected chi connectivity index (χ2v) is 4.32. The number of nitrogens with zero attached hydrogens (tertiary/aromatic N) is 1. The van der Waals surface area contributed by atoms with Crippen LogP contribution in [0.15, 0.2) is 0 Å². The molecular weight excluding hydrogens is 213 g/mol. The molecule has 46 valence electrons. The van der Waals surface area contributed by atoms with Crippen LogP contribution in [-0.4, -0.2) is 3.92 Å². The van der Waals surface area contributed by atoms with Crippen LogP contribution in [0.3, 0.4) is 0 Å². The van der Waals surface area contributed by atoms with Gasteiger partial charge in [-0.1, -0.05) is 29.5 Å². The molecule has 2 heteroatoms. The molecule has 0 aromatic heterocycles. The molecule has 1 nitrogen and oxygen atoms in total. The van der Waals surface area contributed by atoms with Gasteiger partial charge < -0.3 is 0 Å². The highest BCUT2D eigenvalue weighted by atomic mass is 127. The van der Waals surface area contributed by atoms with Crippen LogP contribution in [0.4, 0.5) is 0 Å². The number of alkyl halides is 1. The van der Waals surface area contributed by atoms with Crippen molar-refractivity contribution < 1.29 is 0 Å². The van der Waals surface area contributed by atoms with Crippen LogP contribution in [0.1, 0.15) is 20.8 Å². The van der Waals surface area contributed by atoms with Gasteiger partial charge in [0.15, 0.2) is 0 Å². The van der Waals surface area contributed by atoms with E-state index in [1.165, 1.54) is 0 Å². The van der Waals surface area contributed by atoms with Crippen molar-refractivity contribution in [2.45, 2.75) is 24.7 Å². The SMILES string of the molecule is C[C@@H](I)C(C)(C)C#N. The topological polar surface area (TPSA) is 23.8 Å². The largest absolute Gasteiger partial charge is 0.198 e. The molecule has 0 fully saturated rings. The summed E-state index contributed by atoms with van der Waals surface area (Å²) in [5, 5.41) is 8.51. The Hall–Kier alpha value is 0.220. The third-order valence-corrected chi connectivity index (χ3v) is 2.84. The second kappa shape index (κ2) is 2.67. The zero-order valence-electron chi connectivity index (χ0n) is 5.40. The third kappa shape index (κ3) is 1.99. The summed E-state index contributed by atoms with van der Waals surface area (Å²) in [4.78, 5) is 0. The molecule has 8 heavy (non-hydrogen) atoms. The molecule has 0 aromatic carbocycles. The summed E-state index contributed by atoms with van der Waals surface area (Å²) < 4.78 is 0.421. The fourth-order valence-corrected chi connectivity index (χ4v) is 0.228. The molecule has 0 radical (unpaired) electrons. The fraction of sp³-hybridized carbons (Fsp3) is 0.833. The second-order valence-electron chi connectivity index (χ2n) is 2.45. The number of nitriles is 1. The lowest BCUT2D eigenvalue weighted by Gasteiger charge is -2.17. The zero-order valence-corrected chi connectivity index (χ0v) is 7.56. The summed E-state index contributed by atoms with van der Waals surface area (Å²) in [6.45, 7) is 5.94. The monoisotopic (exact) mass is 223 g/mol. The van der Waals surface area contributed by atoms with E-state index in [4.69, 9.17) is 5.26 Å².